The number of likely N-dealkylation sites (tertiary alicyclic amines) is 1. The molecule has 5 heteroatoms. The number of hydrogen-bond donors (Lipinski definition) is 0. The lowest BCUT2D eigenvalue weighted by atomic mass is 9.94. The Hall–Kier alpha value is -3.08. The first-order valence-corrected chi connectivity index (χ1v) is 10.3. The number of aromatic nitrogens is 2. The fourth-order valence-electron chi connectivity index (χ4n) is 4.05. The van der Waals surface area contributed by atoms with Crippen LogP contribution in [0.4, 0.5) is 0 Å². The average molecular weight is 389 g/mol. The molecule has 1 aromatic heterocycles. The molecule has 1 atom stereocenters. The van der Waals surface area contributed by atoms with Crippen molar-refractivity contribution in [2.75, 3.05) is 13.7 Å². The lowest BCUT2D eigenvalue weighted by Crippen LogP contribution is -2.38. The van der Waals surface area contributed by atoms with Crippen LogP contribution in [-0.4, -0.2) is 34.2 Å². The largest absolute Gasteiger partial charge is 0.497 e. The summed E-state index contributed by atoms with van der Waals surface area (Å²) in [7, 11) is 1.68. The zero-order valence-corrected chi connectivity index (χ0v) is 17.0. The SMILES string of the molecule is CCn1cc(-c2cccc(C(=O)N3CCCC[C@@H]3c3cccc(OC)c3)c2)cn1. The van der Waals surface area contributed by atoms with Crippen LogP contribution >= 0.6 is 0 Å². The lowest BCUT2D eigenvalue weighted by Gasteiger charge is -2.36. The Kier molecular flexibility index (Phi) is 5.65. The van der Waals surface area contributed by atoms with Gasteiger partial charge >= 0.3 is 0 Å². The van der Waals surface area contributed by atoms with E-state index >= 15 is 0 Å². The highest BCUT2D eigenvalue weighted by molar-refractivity contribution is 5.95. The Morgan fingerprint density at radius 3 is 2.79 bits per heavy atom. The fraction of sp³-hybridized carbons (Fsp3) is 0.333. The van der Waals surface area contributed by atoms with E-state index in [2.05, 4.69) is 18.1 Å². The molecule has 0 N–H and O–H groups in total. The maximum atomic E-state index is 13.5. The first-order chi connectivity index (χ1) is 14.2. The molecule has 1 amide bonds. The quantitative estimate of drug-likeness (QED) is 0.621. The van der Waals surface area contributed by atoms with Gasteiger partial charge in [-0.15, -0.1) is 0 Å². The van der Waals surface area contributed by atoms with Gasteiger partial charge in [-0.3, -0.25) is 9.48 Å². The number of carbonyl (C=O) groups is 1. The first-order valence-electron chi connectivity index (χ1n) is 10.3. The van der Waals surface area contributed by atoms with Gasteiger partial charge in [0, 0.05) is 30.4 Å². The van der Waals surface area contributed by atoms with E-state index in [1.54, 1.807) is 7.11 Å². The maximum Gasteiger partial charge on any atom is 0.254 e. The molecule has 1 fully saturated rings. The summed E-state index contributed by atoms with van der Waals surface area (Å²) >= 11 is 0. The van der Waals surface area contributed by atoms with Gasteiger partial charge in [-0.25, -0.2) is 0 Å². The van der Waals surface area contributed by atoms with Crippen LogP contribution in [0.15, 0.2) is 60.9 Å². The monoisotopic (exact) mass is 389 g/mol. The minimum absolute atomic E-state index is 0.0813. The van der Waals surface area contributed by atoms with Crippen LogP contribution in [-0.2, 0) is 6.54 Å². The Labute approximate surface area is 171 Å². The molecule has 1 aliphatic heterocycles. The molecule has 0 radical (unpaired) electrons. The standard InChI is InChI=1S/C24H27N3O2/c1-3-26-17-21(16-25-26)18-8-6-10-20(14-18)24(28)27-13-5-4-12-23(27)19-9-7-11-22(15-19)29-2/h6-11,14-17,23H,3-5,12-13H2,1-2H3/t23-/m1/s1. The van der Waals surface area contributed by atoms with Gasteiger partial charge < -0.3 is 9.64 Å². The Bertz CT molecular complexity index is 995. The summed E-state index contributed by atoms with van der Waals surface area (Å²) in [5, 5.41) is 4.35. The van der Waals surface area contributed by atoms with Crippen molar-refractivity contribution in [3.05, 3.63) is 72.1 Å². The molecule has 150 valence electrons. The van der Waals surface area contributed by atoms with Crippen molar-refractivity contribution in [1.29, 1.82) is 0 Å². The van der Waals surface area contributed by atoms with E-state index in [0.29, 0.717) is 0 Å². The van der Waals surface area contributed by atoms with E-state index in [1.807, 2.05) is 64.4 Å². The highest BCUT2D eigenvalue weighted by Gasteiger charge is 2.29. The minimum atomic E-state index is 0.0813. The number of aryl methyl sites for hydroxylation is 1. The number of methoxy groups -OCH3 is 1. The van der Waals surface area contributed by atoms with Crippen LogP contribution in [0.5, 0.6) is 5.75 Å². The van der Waals surface area contributed by atoms with Gasteiger partial charge in [-0.1, -0.05) is 24.3 Å². The van der Waals surface area contributed by atoms with Crippen LogP contribution in [0.2, 0.25) is 0 Å². The van der Waals surface area contributed by atoms with Crippen molar-refractivity contribution >= 4 is 5.91 Å². The van der Waals surface area contributed by atoms with Crippen LogP contribution in [0.1, 0.15) is 48.1 Å². The molecule has 0 bridgehead atoms. The van der Waals surface area contributed by atoms with E-state index in [9.17, 15) is 4.79 Å². The number of rotatable bonds is 5. The summed E-state index contributed by atoms with van der Waals surface area (Å²) in [6, 6.07) is 16.0. The van der Waals surface area contributed by atoms with Crippen molar-refractivity contribution in [2.24, 2.45) is 0 Å². The zero-order chi connectivity index (χ0) is 20.2. The fourth-order valence-corrected chi connectivity index (χ4v) is 4.05. The number of ether oxygens (including phenoxy) is 1. The van der Waals surface area contributed by atoms with Crippen LogP contribution in [0, 0.1) is 0 Å². The minimum Gasteiger partial charge on any atom is -0.497 e. The number of piperidine rings is 1. The molecule has 5 nitrogen and oxygen atoms in total. The van der Waals surface area contributed by atoms with Gasteiger partial charge in [0.05, 0.1) is 19.3 Å². The topological polar surface area (TPSA) is 47.4 Å². The van der Waals surface area contributed by atoms with Crippen molar-refractivity contribution in [1.82, 2.24) is 14.7 Å². The van der Waals surface area contributed by atoms with Crippen molar-refractivity contribution in [2.45, 2.75) is 38.8 Å². The zero-order valence-electron chi connectivity index (χ0n) is 17.0. The van der Waals surface area contributed by atoms with Crippen molar-refractivity contribution in [3.8, 4) is 16.9 Å². The average Bonchev–Trinajstić information content (AvgIpc) is 3.28. The third-order valence-corrected chi connectivity index (χ3v) is 5.64. The molecule has 29 heavy (non-hydrogen) atoms. The Balaban J connectivity index is 1.62. The summed E-state index contributed by atoms with van der Waals surface area (Å²) in [4.78, 5) is 15.5. The van der Waals surface area contributed by atoms with Crippen LogP contribution in [0.3, 0.4) is 0 Å². The summed E-state index contributed by atoms with van der Waals surface area (Å²) in [6.07, 6.45) is 7.01. The summed E-state index contributed by atoms with van der Waals surface area (Å²) in [6.45, 7) is 3.67. The second-order valence-corrected chi connectivity index (χ2v) is 7.45. The van der Waals surface area contributed by atoms with E-state index < -0.39 is 0 Å². The van der Waals surface area contributed by atoms with Gasteiger partial charge in [0.2, 0.25) is 0 Å². The number of benzene rings is 2. The molecule has 2 aromatic carbocycles. The number of amides is 1. The second-order valence-electron chi connectivity index (χ2n) is 7.45. The van der Waals surface area contributed by atoms with Crippen LogP contribution in [0.25, 0.3) is 11.1 Å². The molecule has 0 spiro atoms. The first kappa shape index (κ1) is 19.2. The number of carbonyl (C=O) groups excluding carboxylic acids is 1. The van der Waals surface area contributed by atoms with Crippen molar-refractivity contribution in [3.63, 3.8) is 0 Å². The molecule has 1 aliphatic rings. The van der Waals surface area contributed by atoms with Crippen molar-refractivity contribution < 1.29 is 9.53 Å². The summed E-state index contributed by atoms with van der Waals surface area (Å²) in [5.74, 6) is 0.914. The van der Waals surface area contributed by atoms with E-state index in [0.717, 1.165) is 60.4 Å². The highest BCUT2D eigenvalue weighted by Crippen LogP contribution is 2.34. The predicted molar refractivity (Wildman–Crippen MR) is 114 cm³/mol. The molecule has 0 aliphatic carbocycles. The highest BCUT2D eigenvalue weighted by atomic mass is 16.5. The summed E-state index contributed by atoms with van der Waals surface area (Å²) in [5.41, 5.74) is 3.91. The predicted octanol–water partition coefficient (Wildman–Crippen LogP) is 4.95. The molecular weight excluding hydrogens is 362 g/mol. The lowest BCUT2D eigenvalue weighted by molar-refractivity contribution is 0.0611. The molecule has 0 saturated carbocycles. The van der Waals surface area contributed by atoms with E-state index in [4.69, 9.17) is 4.74 Å². The number of nitrogens with zero attached hydrogens (tertiary/aromatic N) is 3. The smallest absolute Gasteiger partial charge is 0.254 e. The van der Waals surface area contributed by atoms with Gasteiger partial charge in [0.15, 0.2) is 0 Å². The second kappa shape index (κ2) is 8.52. The third kappa shape index (κ3) is 4.04. The molecule has 4 rings (SSSR count). The molecule has 1 saturated heterocycles. The van der Waals surface area contributed by atoms with Gasteiger partial charge in [-0.2, -0.15) is 5.10 Å². The van der Waals surface area contributed by atoms with Gasteiger partial charge in [-0.05, 0) is 61.6 Å². The molecule has 0 unspecified atom stereocenters. The normalized spacial score (nSPS) is 16.6. The van der Waals surface area contributed by atoms with Gasteiger partial charge in [0.1, 0.15) is 5.75 Å². The van der Waals surface area contributed by atoms with E-state index in [-0.39, 0.29) is 11.9 Å². The molecular formula is C24H27N3O2. The van der Waals surface area contributed by atoms with Crippen LogP contribution < -0.4 is 4.74 Å². The Morgan fingerprint density at radius 1 is 1.14 bits per heavy atom. The summed E-state index contributed by atoms with van der Waals surface area (Å²) < 4.78 is 7.29. The number of hydrogen-bond acceptors (Lipinski definition) is 3. The van der Waals surface area contributed by atoms with Gasteiger partial charge in [0.25, 0.3) is 5.91 Å². The Morgan fingerprint density at radius 2 is 2.00 bits per heavy atom. The third-order valence-electron chi connectivity index (χ3n) is 5.64. The maximum absolute atomic E-state index is 13.5. The molecule has 3 aromatic rings. The van der Waals surface area contributed by atoms with E-state index in [1.165, 1.54) is 0 Å². The molecule has 2 heterocycles.